The summed E-state index contributed by atoms with van der Waals surface area (Å²) in [7, 11) is 1.48. The second-order valence-corrected chi connectivity index (χ2v) is 4.65. The normalized spacial score (nSPS) is 10.1. The number of nitrogens with one attached hydrogen (secondary N) is 1. The average Bonchev–Trinajstić information content (AvgIpc) is 2.46. The number of aromatic hydroxyl groups is 1. The molecule has 0 unspecified atom stereocenters. The highest BCUT2D eigenvalue weighted by Gasteiger charge is 2.15. The molecule has 0 aromatic heterocycles. The number of phenols is 1. The fourth-order valence-corrected chi connectivity index (χ4v) is 2.09. The predicted octanol–water partition coefficient (Wildman–Crippen LogP) is 2.66. The Bertz CT molecular complexity index is 739. The quantitative estimate of drug-likeness (QED) is 0.807. The first-order valence-corrected chi connectivity index (χ1v) is 6.45. The van der Waals surface area contributed by atoms with Gasteiger partial charge in [0.25, 0.3) is 5.91 Å². The Kier molecular flexibility index (Phi) is 4.31. The summed E-state index contributed by atoms with van der Waals surface area (Å²) in [6, 6.07) is 8.99. The topological polar surface area (TPSA) is 95.9 Å². The minimum absolute atomic E-state index is 0.230. The largest absolute Gasteiger partial charge is 0.507 e. The van der Waals surface area contributed by atoms with Gasteiger partial charge in [-0.3, -0.25) is 4.79 Å². The van der Waals surface area contributed by atoms with Crippen molar-refractivity contribution in [3.05, 3.63) is 53.1 Å². The van der Waals surface area contributed by atoms with Crippen molar-refractivity contribution in [3.8, 4) is 11.5 Å². The minimum atomic E-state index is -1.24. The number of para-hydroxylation sites is 1. The number of methoxy groups -OCH3 is 1. The van der Waals surface area contributed by atoms with Crippen molar-refractivity contribution in [2.24, 2.45) is 0 Å². The van der Waals surface area contributed by atoms with E-state index in [9.17, 15) is 14.7 Å². The van der Waals surface area contributed by atoms with E-state index in [0.29, 0.717) is 11.3 Å². The molecule has 0 spiro atoms. The average molecular weight is 301 g/mol. The Morgan fingerprint density at radius 3 is 2.45 bits per heavy atom. The molecule has 0 bridgehead atoms. The van der Waals surface area contributed by atoms with Crippen molar-refractivity contribution in [1.82, 2.24) is 0 Å². The number of carbonyl (C=O) groups excluding carboxylic acids is 1. The maximum atomic E-state index is 12.3. The van der Waals surface area contributed by atoms with Crippen molar-refractivity contribution < 1.29 is 24.5 Å². The molecule has 0 radical (unpaired) electrons. The number of carbonyl (C=O) groups is 2. The first kappa shape index (κ1) is 15.4. The fourth-order valence-electron chi connectivity index (χ4n) is 2.09. The number of aromatic carboxylic acids is 1. The smallest absolute Gasteiger partial charge is 0.339 e. The van der Waals surface area contributed by atoms with Crippen molar-refractivity contribution in [3.63, 3.8) is 0 Å². The summed E-state index contributed by atoms with van der Waals surface area (Å²) in [4.78, 5) is 23.1. The zero-order valence-electron chi connectivity index (χ0n) is 12.1. The van der Waals surface area contributed by atoms with Crippen LogP contribution in [0.3, 0.4) is 0 Å². The summed E-state index contributed by atoms with van der Waals surface area (Å²) < 4.78 is 5.22. The highest BCUT2D eigenvalue weighted by Crippen LogP contribution is 2.26. The van der Waals surface area contributed by atoms with E-state index < -0.39 is 17.6 Å². The Labute approximate surface area is 127 Å². The van der Waals surface area contributed by atoms with Gasteiger partial charge in [0.15, 0.2) is 0 Å². The van der Waals surface area contributed by atoms with E-state index in [0.717, 1.165) is 5.56 Å². The number of hydrogen-bond donors (Lipinski definition) is 3. The van der Waals surface area contributed by atoms with Crippen LogP contribution in [0, 0.1) is 6.92 Å². The molecule has 2 rings (SSSR count). The van der Waals surface area contributed by atoms with E-state index in [1.807, 2.05) is 13.0 Å². The molecule has 3 N–H and O–H groups in total. The zero-order chi connectivity index (χ0) is 16.3. The van der Waals surface area contributed by atoms with Crippen molar-refractivity contribution in [1.29, 1.82) is 0 Å². The standard InChI is InChI=1S/C16H15NO5/c1-9-4-3-5-12(14(9)22-2)15(19)17-10-6-7-11(16(20)21)13(18)8-10/h3-8,18H,1-2H3,(H,17,19)(H,20,21). The van der Waals surface area contributed by atoms with E-state index in [1.54, 1.807) is 12.1 Å². The number of benzene rings is 2. The first-order chi connectivity index (χ1) is 10.4. The fraction of sp³-hybridized carbons (Fsp3) is 0.125. The van der Waals surface area contributed by atoms with Crippen LogP contribution in [0.2, 0.25) is 0 Å². The molecule has 1 amide bonds. The van der Waals surface area contributed by atoms with Crippen LogP contribution in [0.4, 0.5) is 5.69 Å². The summed E-state index contributed by atoms with van der Waals surface area (Å²) in [5, 5.41) is 21.1. The Morgan fingerprint density at radius 2 is 1.86 bits per heavy atom. The molecule has 2 aromatic rings. The Balaban J connectivity index is 2.28. The molecule has 0 fully saturated rings. The van der Waals surface area contributed by atoms with Gasteiger partial charge >= 0.3 is 5.97 Å². The molecular formula is C16H15NO5. The van der Waals surface area contributed by atoms with Crippen molar-refractivity contribution >= 4 is 17.6 Å². The molecule has 2 aromatic carbocycles. The lowest BCUT2D eigenvalue weighted by molar-refractivity contribution is 0.0693. The molecule has 0 aliphatic carbocycles. The van der Waals surface area contributed by atoms with Crippen LogP contribution >= 0.6 is 0 Å². The summed E-state index contributed by atoms with van der Waals surface area (Å²) in [6.45, 7) is 1.82. The monoisotopic (exact) mass is 301 g/mol. The van der Waals surface area contributed by atoms with Crippen LogP contribution in [-0.2, 0) is 0 Å². The van der Waals surface area contributed by atoms with Gasteiger partial charge in [-0.2, -0.15) is 0 Å². The van der Waals surface area contributed by atoms with Gasteiger partial charge in [0.05, 0.1) is 12.7 Å². The number of hydrogen-bond acceptors (Lipinski definition) is 4. The van der Waals surface area contributed by atoms with E-state index in [2.05, 4.69) is 5.32 Å². The number of amides is 1. The molecular weight excluding hydrogens is 286 g/mol. The van der Waals surface area contributed by atoms with E-state index >= 15 is 0 Å². The number of anilines is 1. The van der Waals surface area contributed by atoms with Crippen LogP contribution in [0.1, 0.15) is 26.3 Å². The SMILES string of the molecule is COc1c(C)cccc1C(=O)Nc1ccc(C(=O)O)c(O)c1. The number of carboxylic acid groups (broad SMARTS) is 1. The summed E-state index contributed by atoms with van der Waals surface area (Å²) in [6.07, 6.45) is 0. The van der Waals surface area contributed by atoms with Crippen molar-refractivity contribution in [2.75, 3.05) is 12.4 Å². The van der Waals surface area contributed by atoms with Crippen LogP contribution < -0.4 is 10.1 Å². The first-order valence-electron chi connectivity index (χ1n) is 6.45. The van der Waals surface area contributed by atoms with Gasteiger partial charge in [-0.05, 0) is 30.7 Å². The van der Waals surface area contributed by atoms with Crippen molar-refractivity contribution in [2.45, 2.75) is 6.92 Å². The second kappa shape index (κ2) is 6.17. The van der Waals surface area contributed by atoms with Gasteiger partial charge in [-0.15, -0.1) is 0 Å². The molecule has 6 heteroatoms. The third-order valence-corrected chi connectivity index (χ3v) is 3.15. The highest BCUT2D eigenvalue weighted by atomic mass is 16.5. The molecule has 0 saturated carbocycles. The molecule has 114 valence electrons. The maximum Gasteiger partial charge on any atom is 0.339 e. The predicted molar refractivity (Wildman–Crippen MR) is 80.8 cm³/mol. The van der Waals surface area contributed by atoms with Gasteiger partial charge in [0, 0.05) is 11.8 Å². The van der Waals surface area contributed by atoms with Crippen LogP contribution in [0.5, 0.6) is 11.5 Å². The van der Waals surface area contributed by atoms with Crippen LogP contribution in [-0.4, -0.2) is 29.2 Å². The van der Waals surface area contributed by atoms with Gasteiger partial charge in [-0.25, -0.2) is 4.79 Å². The Morgan fingerprint density at radius 1 is 1.14 bits per heavy atom. The summed E-state index contributed by atoms with van der Waals surface area (Å²) in [5.41, 5.74) is 1.23. The highest BCUT2D eigenvalue weighted by molar-refractivity contribution is 6.06. The lowest BCUT2D eigenvalue weighted by Gasteiger charge is -2.12. The summed E-state index contributed by atoms with van der Waals surface area (Å²) in [5.74, 6) is -1.60. The lowest BCUT2D eigenvalue weighted by atomic mass is 10.1. The van der Waals surface area contributed by atoms with Gasteiger partial charge < -0.3 is 20.3 Å². The molecule has 22 heavy (non-hydrogen) atoms. The maximum absolute atomic E-state index is 12.3. The van der Waals surface area contributed by atoms with E-state index in [-0.39, 0.29) is 11.3 Å². The van der Waals surface area contributed by atoms with E-state index in [1.165, 1.54) is 25.3 Å². The molecule has 0 aliphatic heterocycles. The third-order valence-electron chi connectivity index (χ3n) is 3.15. The van der Waals surface area contributed by atoms with Gasteiger partial charge in [-0.1, -0.05) is 12.1 Å². The second-order valence-electron chi connectivity index (χ2n) is 4.65. The minimum Gasteiger partial charge on any atom is -0.507 e. The molecule has 0 saturated heterocycles. The lowest BCUT2D eigenvalue weighted by Crippen LogP contribution is -2.13. The number of carboxylic acids is 1. The van der Waals surface area contributed by atoms with E-state index in [4.69, 9.17) is 9.84 Å². The third kappa shape index (κ3) is 3.01. The molecule has 0 heterocycles. The zero-order valence-corrected chi connectivity index (χ0v) is 12.1. The summed E-state index contributed by atoms with van der Waals surface area (Å²) >= 11 is 0. The van der Waals surface area contributed by atoms with Gasteiger partial charge in [0.1, 0.15) is 17.1 Å². The molecule has 6 nitrogen and oxygen atoms in total. The molecule has 0 aliphatic rings. The van der Waals surface area contributed by atoms with Crippen LogP contribution in [0.15, 0.2) is 36.4 Å². The van der Waals surface area contributed by atoms with Crippen LogP contribution in [0.25, 0.3) is 0 Å². The Hall–Kier alpha value is -3.02. The molecule has 0 atom stereocenters. The van der Waals surface area contributed by atoms with Gasteiger partial charge in [0.2, 0.25) is 0 Å². The number of ether oxygens (including phenoxy) is 1. The number of aryl methyl sites for hydroxylation is 1. The number of rotatable bonds is 4.